The number of hydrogen-bond acceptors (Lipinski definition) is 5. The molecule has 6 heteroatoms. The number of piperidine rings is 1. The first-order chi connectivity index (χ1) is 10.1. The van der Waals surface area contributed by atoms with Gasteiger partial charge in [0.05, 0.1) is 17.6 Å². The van der Waals surface area contributed by atoms with Gasteiger partial charge in [-0.1, -0.05) is 0 Å². The fraction of sp³-hybridized carbons (Fsp3) is 0.533. The number of non-ortho nitro benzene ring substituents is 1. The first-order valence-corrected chi connectivity index (χ1v) is 7.21. The lowest BCUT2D eigenvalue weighted by atomic mass is 10.1. The lowest BCUT2D eigenvalue weighted by Crippen LogP contribution is -2.39. The van der Waals surface area contributed by atoms with Crippen LogP contribution in [0.4, 0.5) is 5.69 Å². The van der Waals surface area contributed by atoms with Crippen LogP contribution in [0.1, 0.15) is 30.1 Å². The van der Waals surface area contributed by atoms with Gasteiger partial charge in [-0.05, 0) is 31.9 Å². The summed E-state index contributed by atoms with van der Waals surface area (Å²) in [5, 5.41) is 10.6. The average molecular weight is 292 g/mol. The Morgan fingerprint density at radius 1 is 1.33 bits per heavy atom. The van der Waals surface area contributed by atoms with Crippen molar-refractivity contribution >= 4 is 11.5 Å². The number of benzene rings is 1. The molecule has 0 bridgehead atoms. The molecule has 0 atom stereocenters. The molecule has 21 heavy (non-hydrogen) atoms. The third-order valence-electron chi connectivity index (χ3n) is 3.70. The van der Waals surface area contributed by atoms with Crippen LogP contribution in [0.2, 0.25) is 0 Å². The van der Waals surface area contributed by atoms with Gasteiger partial charge in [-0.15, -0.1) is 0 Å². The van der Waals surface area contributed by atoms with Crippen molar-refractivity contribution in [2.24, 2.45) is 0 Å². The third-order valence-corrected chi connectivity index (χ3v) is 3.70. The van der Waals surface area contributed by atoms with Crippen LogP contribution < -0.4 is 0 Å². The SMILES string of the molecule is CCOC1CCN(CC(=O)c2ccc([N+](=O)[O-])cc2)CC1. The molecule has 0 spiro atoms. The molecule has 114 valence electrons. The van der Waals surface area contributed by atoms with E-state index in [-0.39, 0.29) is 11.5 Å². The average Bonchev–Trinajstić information content (AvgIpc) is 2.49. The molecule has 0 saturated carbocycles. The third kappa shape index (κ3) is 4.34. The highest BCUT2D eigenvalue weighted by Crippen LogP contribution is 2.16. The normalized spacial score (nSPS) is 16.8. The molecule has 0 aromatic heterocycles. The minimum atomic E-state index is -0.466. The maximum atomic E-state index is 12.2. The summed E-state index contributed by atoms with van der Waals surface area (Å²) in [7, 11) is 0. The van der Waals surface area contributed by atoms with Crippen LogP contribution in [0.25, 0.3) is 0 Å². The van der Waals surface area contributed by atoms with Gasteiger partial charge in [-0.3, -0.25) is 19.8 Å². The number of likely N-dealkylation sites (tertiary alicyclic amines) is 1. The number of carbonyl (C=O) groups excluding carboxylic acids is 1. The van der Waals surface area contributed by atoms with Crippen LogP contribution in [0.5, 0.6) is 0 Å². The molecule has 2 rings (SSSR count). The van der Waals surface area contributed by atoms with Crippen LogP contribution in [-0.2, 0) is 4.74 Å². The summed E-state index contributed by atoms with van der Waals surface area (Å²) in [6.45, 7) is 4.78. The van der Waals surface area contributed by atoms with Crippen molar-refractivity contribution in [1.82, 2.24) is 4.90 Å². The summed E-state index contributed by atoms with van der Waals surface area (Å²) in [6.07, 6.45) is 2.20. The second-order valence-corrected chi connectivity index (χ2v) is 5.16. The summed E-state index contributed by atoms with van der Waals surface area (Å²) in [4.78, 5) is 24.4. The molecular weight excluding hydrogens is 272 g/mol. The highest BCUT2D eigenvalue weighted by molar-refractivity contribution is 5.97. The van der Waals surface area contributed by atoms with Gasteiger partial charge in [0.25, 0.3) is 5.69 Å². The maximum absolute atomic E-state index is 12.2. The predicted molar refractivity (Wildman–Crippen MR) is 78.5 cm³/mol. The molecule has 0 unspecified atom stereocenters. The molecule has 1 aliphatic heterocycles. The van der Waals surface area contributed by atoms with E-state index in [0.717, 1.165) is 32.5 Å². The Bertz CT molecular complexity index is 493. The minimum Gasteiger partial charge on any atom is -0.378 e. The Morgan fingerprint density at radius 2 is 1.95 bits per heavy atom. The number of Topliss-reactive ketones (excluding diaryl/α,β-unsaturated/α-hetero) is 1. The zero-order valence-corrected chi connectivity index (χ0v) is 12.2. The Labute approximate surface area is 123 Å². The lowest BCUT2D eigenvalue weighted by Gasteiger charge is -2.31. The number of ether oxygens (including phenoxy) is 1. The molecule has 1 aliphatic rings. The summed E-state index contributed by atoms with van der Waals surface area (Å²) in [5.41, 5.74) is 0.525. The number of nitrogens with zero attached hydrogens (tertiary/aromatic N) is 2. The molecule has 1 fully saturated rings. The van der Waals surface area contributed by atoms with E-state index in [1.165, 1.54) is 24.3 Å². The number of nitro groups is 1. The molecule has 1 heterocycles. The smallest absolute Gasteiger partial charge is 0.269 e. The van der Waals surface area contributed by atoms with E-state index in [1.54, 1.807) is 0 Å². The number of ketones is 1. The number of rotatable bonds is 6. The molecule has 0 N–H and O–H groups in total. The van der Waals surface area contributed by atoms with Crippen molar-refractivity contribution in [3.8, 4) is 0 Å². The summed E-state index contributed by atoms with van der Waals surface area (Å²) in [6, 6.07) is 5.78. The highest BCUT2D eigenvalue weighted by atomic mass is 16.6. The van der Waals surface area contributed by atoms with Gasteiger partial charge >= 0.3 is 0 Å². The monoisotopic (exact) mass is 292 g/mol. The molecular formula is C15H20N2O4. The quantitative estimate of drug-likeness (QED) is 0.457. The fourth-order valence-corrected chi connectivity index (χ4v) is 2.53. The van der Waals surface area contributed by atoms with Crippen molar-refractivity contribution in [3.05, 3.63) is 39.9 Å². The first kappa shape index (κ1) is 15.6. The Balaban J connectivity index is 1.86. The topological polar surface area (TPSA) is 72.7 Å². The van der Waals surface area contributed by atoms with Crippen LogP contribution in [-0.4, -0.2) is 48.0 Å². The zero-order valence-electron chi connectivity index (χ0n) is 12.2. The van der Waals surface area contributed by atoms with E-state index >= 15 is 0 Å². The van der Waals surface area contributed by atoms with Crippen LogP contribution in [0.15, 0.2) is 24.3 Å². The number of nitro benzene ring substituents is 1. The van der Waals surface area contributed by atoms with Crippen molar-refractivity contribution in [1.29, 1.82) is 0 Å². The van der Waals surface area contributed by atoms with Crippen LogP contribution in [0, 0.1) is 10.1 Å². The molecule has 1 aromatic rings. The Hall–Kier alpha value is -1.79. The Kier molecular flexibility index (Phi) is 5.41. The number of carbonyl (C=O) groups is 1. The van der Waals surface area contributed by atoms with Gasteiger partial charge in [0.2, 0.25) is 0 Å². The second kappa shape index (κ2) is 7.28. The van der Waals surface area contributed by atoms with Gasteiger partial charge in [0.15, 0.2) is 5.78 Å². The van der Waals surface area contributed by atoms with Gasteiger partial charge < -0.3 is 4.74 Å². The zero-order chi connectivity index (χ0) is 15.2. The largest absolute Gasteiger partial charge is 0.378 e. The molecule has 0 aliphatic carbocycles. The standard InChI is InChI=1S/C15H20N2O4/c1-2-21-14-7-9-16(10-8-14)11-15(18)12-3-5-13(6-4-12)17(19)20/h3-6,14H,2,7-11H2,1H3. The second-order valence-electron chi connectivity index (χ2n) is 5.16. The maximum Gasteiger partial charge on any atom is 0.269 e. The van der Waals surface area contributed by atoms with Crippen molar-refractivity contribution in [2.75, 3.05) is 26.2 Å². The molecule has 0 radical (unpaired) electrons. The van der Waals surface area contributed by atoms with Crippen LogP contribution in [0.3, 0.4) is 0 Å². The summed E-state index contributed by atoms with van der Waals surface area (Å²) in [5.74, 6) is -0.000224. The number of hydrogen-bond donors (Lipinski definition) is 0. The van der Waals surface area contributed by atoms with E-state index in [2.05, 4.69) is 4.90 Å². The minimum absolute atomic E-state index is 0.000224. The predicted octanol–water partition coefficient (Wildman–Crippen LogP) is 2.28. The molecule has 1 saturated heterocycles. The summed E-state index contributed by atoms with van der Waals surface area (Å²) < 4.78 is 5.58. The van der Waals surface area contributed by atoms with Crippen molar-refractivity contribution < 1.29 is 14.5 Å². The van der Waals surface area contributed by atoms with Crippen molar-refractivity contribution in [3.63, 3.8) is 0 Å². The van der Waals surface area contributed by atoms with Gasteiger partial charge in [-0.25, -0.2) is 0 Å². The highest BCUT2D eigenvalue weighted by Gasteiger charge is 2.21. The van der Waals surface area contributed by atoms with E-state index in [4.69, 9.17) is 4.74 Å². The van der Waals surface area contributed by atoms with E-state index in [1.807, 2.05) is 6.92 Å². The lowest BCUT2D eigenvalue weighted by molar-refractivity contribution is -0.384. The fourth-order valence-electron chi connectivity index (χ4n) is 2.53. The molecule has 6 nitrogen and oxygen atoms in total. The van der Waals surface area contributed by atoms with E-state index in [9.17, 15) is 14.9 Å². The van der Waals surface area contributed by atoms with Crippen LogP contribution >= 0.6 is 0 Å². The van der Waals surface area contributed by atoms with E-state index in [0.29, 0.717) is 18.2 Å². The molecule has 1 aromatic carbocycles. The molecule has 0 amide bonds. The van der Waals surface area contributed by atoms with Gasteiger partial charge in [0, 0.05) is 37.4 Å². The van der Waals surface area contributed by atoms with Crippen molar-refractivity contribution in [2.45, 2.75) is 25.9 Å². The van der Waals surface area contributed by atoms with E-state index < -0.39 is 4.92 Å². The Morgan fingerprint density at radius 3 is 2.48 bits per heavy atom. The first-order valence-electron chi connectivity index (χ1n) is 7.21. The van der Waals surface area contributed by atoms with Gasteiger partial charge in [-0.2, -0.15) is 0 Å². The van der Waals surface area contributed by atoms with Gasteiger partial charge in [0.1, 0.15) is 0 Å². The summed E-state index contributed by atoms with van der Waals surface area (Å²) >= 11 is 0.